The van der Waals surface area contributed by atoms with Crippen LogP contribution in [0.4, 0.5) is 0 Å². The summed E-state index contributed by atoms with van der Waals surface area (Å²) in [7, 11) is 0. The van der Waals surface area contributed by atoms with Crippen LogP contribution in [0.1, 0.15) is 42.7 Å². The number of nitrogens with zero attached hydrogens (tertiary/aromatic N) is 3. The second kappa shape index (κ2) is 7.89. The molecular formula is C18H25ClN4O2. The van der Waals surface area contributed by atoms with Crippen molar-refractivity contribution in [1.29, 1.82) is 0 Å². The molecule has 1 aliphatic heterocycles. The summed E-state index contributed by atoms with van der Waals surface area (Å²) in [5.41, 5.74) is 2.17. The molecule has 6 nitrogen and oxygen atoms in total. The molecule has 3 rings (SSSR count). The predicted octanol–water partition coefficient (Wildman–Crippen LogP) is 2.56. The van der Waals surface area contributed by atoms with E-state index in [1.165, 1.54) is 11.8 Å². The van der Waals surface area contributed by atoms with Gasteiger partial charge in [0.1, 0.15) is 0 Å². The summed E-state index contributed by atoms with van der Waals surface area (Å²) in [6.07, 6.45) is 1.49. The number of hydrogen-bond acceptors (Lipinski definition) is 4. The van der Waals surface area contributed by atoms with Crippen molar-refractivity contribution in [3.05, 3.63) is 41.7 Å². The zero-order chi connectivity index (χ0) is 17.3. The van der Waals surface area contributed by atoms with E-state index >= 15 is 0 Å². The molecule has 2 N–H and O–H groups in total. The largest absolute Gasteiger partial charge is 0.504 e. The maximum atomic E-state index is 12.6. The van der Waals surface area contributed by atoms with E-state index in [9.17, 15) is 9.90 Å². The van der Waals surface area contributed by atoms with Crippen LogP contribution < -0.4 is 5.32 Å². The minimum Gasteiger partial charge on any atom is -0.504 e. The van der Waals surface area contributed by atoms with Crippen molar-refractivity contribution < 1.29 is 9.90 Å². The summed E-state index contributed by atoms with van der Waals surface area (Å²) in [5, 5.41) is 17.8. The van der Waals surface area contributed by atoms with E-state index in [2.05, 4.69) is 24.3 Å². The molecule has 1 aromatic carbocycles. The Hall–Kier alpha value is -2.05. The van der Waals surface area contributed by atoms with Gasteiger partial charge in [0.25, 0.3) is 5.91 Å². The van der Waals surface area contributed by atoms with Crippen molar-refractivity contribution in [3.63, 3.8) is 0 Å². The lowest BCUT2D eigenvalue weighted by Crippen LogP contribution is -2.51. The van der Waals surface area contributed by atoms with Crippen LogP contribution in [-0.2, 0) is 0 Å². The van der Waals surface area contributed by atoms with Crippen molar-refractivity contribution in [3.8, 4) is 11.4 Å². The van der Waals surface area contributed by atoms with Gasteiger partial charge in [0, 0.05) is 25.7 Å². The van der Waals surface area contributed by atoms with Crippen LogP contribution in [0.25, 0.3) is 5.69 Å². The molecule has 1 aliphatic rings. The smallest absolute Gasteiger partial charge is 0.278 e. The Balaban J connectivity index is 0.00000225. The van der Waals surface area contributed by atoms with Crippen LogP contribution in [0.2, 0.25) is 0 Å². The Bertz CT molecular complexity index is 727. The topological polar surface area (TPSA) is 70.4 Å². The number of carbonyl (C=O) groups is 1. The lowest BCUT2D eigenvalue weighted by atomic mass is 10.0. The normalized spacial score (nSPS) is 17.4. The standard InChI is InChI=1S/C18H24N4O2.ClH/c1-12(2)14-4-6-15(7-5-14)22-11-16(23)17(20-22)18(24)21-9-8-19-13(3)10-21;/h4-7,11-13,19,23H,8-10H2,1-3H3;1H. The van der Waals surface area contributed by atoms with Crippen molar-refractivity contribution in [2.24, 2.45) is 0 Å². The number of hydrogen-bond donors (Lipinski definition) is 2. The number of carbonyl (C=O) groups excluding carboxylic acids is 1. The van der Waals surface area contributed by atoms with Gasteiger partial charge in [0.05, 0.1) is 11.9 Å². The lowest BCUT2D eigenvalue weighted by molar-refractivity contribution is 0.0699. The Morgan fingerprint density at radius 3 is 2.60 bits per heavy atom. The fourth-order valence-corrected chi connectivity index (χ4v) is 2.93. The molecule has 1 amide bonds. The first kappa shape index (κ1) is 19.3. The molecule has 1 atom stereocenters. The zero-order valence-electron chi connectivity index (χ0n) is 14.8. The Morgan fingerprint density at radius 1 is 1.32 bits per heavy atom. The highest BCUT2D eigenvalue weighted by Crippen LogP contribution is 2.22. The van der Waals surface area contributed by atoms with E-state index < -0.39 is 0 Å². The number of aromatic hydroxyl groups is 1. The molecule has 2 heterocycles. The van der Waals surface area contributed by atoms with Crippen molar-refractivity contribution >= 4 is 18.3 Å². The number of aromatic nitrogens is 2. The van der Waals surface area contributed by atoms with E-state index in [1.54, 1.807) is 9.58 Å². The highest BCUT2D eigenvalue weighted by atomic mass is 35.5. The van der Waals surface area contributed by atoms with E-state index in [-0.39, 0.29) is 35.8 Å². The summed E-state index contributed by atoms with van der Waals surface area (Å²) in [4.78, 5) is 14.3. The second-order valence-electron chi connectivity index (χ2n) is 6.66. The zero-order valence-corrected chi connectivity index (χ0v) is 15.6. The summed E-state index contributed by atoms with van der Waals surface area (Å²) in [5.74, 6) is 0.148. The third-order valence-corrected chi connectivity index (χ3v) is 4.38. The van der Waals surface area contributed by atoms with E-state index in [0.717, 1.165) is 12.2 Å². The molecule has 1 aromatic heterocycles. The quantitative estimate of drug-likeness (QED) is 0.878. The molecule has 0 radical (unpaired) electrons. The lowest BCUT2D eigenvalue weighted by Gasteiger charge is -2.31. The molecule has 136 valence electrons. The molecule has 1 unspecified atom stereocenters. The number of halogens is 1. The average molecular weight is 365 g/mol. The molecule has 1 saturated heterocycles. The monoisotopic (exact) mass is 364 g/mol. The van der Waals surface area contributed by atoms with E-state index in [0.29, 0.717) is 19.0 Å². The first-order valence-electron chi connectivity index (χ1n) is 8.37. The fraction of sp³-hybridized carbons (Fsp3) is 0.444. The summed E-state index contributed by atoms with van der Waals surface area (Å²) in [6, 6.07) is 8.22. The molecule has 0 saturated carbocycles. The Morgan fingerprint density at radius 2 is 2.00 bits per heavy atom. The van der Waals surface area contributed by atoms with Gasteiger partial charge in [-0.15, -0.1) is 12.4 Å². The van der Waals surface area contributed by atoms with Gasteiger partial charge in [-0.3, -0.25) is 4.79 Å². The maximum absolute atomic E-state index is 12.6. The van der Waals surface area contributed by atoms with Gasteiger partial charge in [-0.05, 0) is 30.5 Å². The van der Waals surface area contributed by atoms with Crippen LogP contribution in [0.3, 0.4) is 0 Å². The molecule has 0 bridgehead atoms. The highest BCUT2D eigenvalue weighted by Gasteiger charge is 2.26. The van der Waals surface area contributed by atoms with Gasteiger partial charge in [0.15, 0.2) is 11.4 Å². The van der Waals surface area contributed by atoms with Gasteiger partial charge in [-0.1, -0.05) is 26.0 Å². The summed E-state index contributed by atoms with van der Waals surface area (Å²) < 4.78 is 1.55. The summed E-state index contributed by atoms with van der Waals surface area (Å²) >= 11 is 0. The van der Waals surface area contributed by atoms with Crippen LogP contribution in [0.5, 0.6) is 5.75 Å². The third kappa shape index (κ3) is 4.14. The molecule has 2 aromatic rings. The van der Waals surface area contributed by atoms with Crippen molar-refractivity contribution in [2.45, 2.75) is 32.7 Å². The fourth-order valence-electron chi connectivity index (χ4n) is 2.93. The number of benzene rings is 1. The van der Waals surface area contributed by atoms with E-state index in [4.69, 9.17) is 0 Å². The molecule has 0 aliphatic carbocycles. The minimum absolute atomic E-state index is 0. The van der Waals surface area contributed by atoms with Gasteiger partial charge < -0.3 is 15.3 Å². The van der Waals surface area contributed by atoms with Gasteiger partial charge in [-0.25, -0.2) is 4.68 Å². The van der Waals surface area contributed by atoms with Crippen LogP contribution in [0, 0.1) is 0 Å². The SMILES string of the molecule is CC1CN(C(=O)c2nn(-c3ccc(C(C)C)cc3)cc2O)CCN1.Cl. The van der Waals surface area contributed by atoms with Gasteiger partial charge in [-0.2, -0.15) is 5.10 Å². The first-order valence-corrected chi connectivity index (χ1v) is 8.37. The first-order chi connectivity index (χ1) is 11.5. The van der Waals surface area contributed by atoms with Crippen molar-refractivity contribution in [1.82, 2.24) is 20.0 Å². The Labute approximate surface area is 154 Å². The average Bonchev–Trinajstić information content (AvgIpc) is 2.96. The maximum Gasteiger partial charge on any atom is 0.278 e. The molecule has 7 heteroatoms. The van der Waals surface area contributed by atoms with Crippen LogP contribution in [-0.4, -0.2) is 51.4 Å². The summed E-state index contributed by atoms with van der Waals surface area (Å²) in [6.45, 7) is 8.31. The van der Waals surface area contributed by atoms with Gasteiger partial charge in [0.2, 0.25) is 0 Å². The highest BCUT2D eigenvalue weighted by molar-refractivity contribution is 5.95. The number of nitrogens with one attached hydrogen (secondary N) is 1. The van der Waals surface area contributed by atoms with Crippen molar-refractivity contribution in [2.75, 3.05) is 19.6 Å². The molecule has 25 heavy (non-hydrogen) atoms. The predicted molar refractivity (Wildman–Crippen MR) is 99.9 cm³/mol. The number of piperazine rings is 1. The molecule has 0 spiro atoms. The Kier molecular flexibility index (Phi) is 6.08. The van der Waals surface area contributed by atoms with E-state index in [1.807, 2.05) is 31.2 Å². The van der Waals surface area contributed by atoms with Crippen LogP contribution >= 0.6 is 12.4 Å². The second-order valence-corrected chi connectivity index (χ2v) is 6.66. The van der Waals surface area contributed by atoms with Gasteiger partial charge >= 0.3 is 0 Å². The third-order valence-electron chi connectivity index (χ3n) is 4.38. The minimum atomic E-state index is -0.224. The molecule has 1 fully saturated rings. The number of amides is 1. The number of rotatable bonds is 3. The van der Waals surface area contributed by atoms with Crippen LogP contribution in [0.15, 0.2) is 30.5 Å². The molecular weight excluding hydrogens is 340 g/mol.